The molecule has 86 valence electrons. The van der Waals surface area contributed by atoms with Crippen LogP contribution in [0, 0.1) is 0 Å². The van der Waals surface area contributed by atoms with Gasteiger partial charge < -0.3 is 9.64 Å². The molecule has 0 aliphatic rings. The maximum absolute atomic E-state index is 11.6. The molecule has 0 aromatic carbocycles. The average molecular weight is 231 g/mol. The SMILES string of the molecule is C=C(SC)[C@@H](C(=O)OCC)N(C)C(C)=O. The highest BCUT2D eigenvalue weighted by atomic mass is 32.2. The largest absolute Gasteiger partial charge is 0.464 e. The van der Waals surface area contributed by atoms with Gasteiger partial charge in [0.2, 0.25) is 5.91 Å². The van der Waals surface area contributed by atoms with Gasteiger partial charge in [-0.15, -0.1) is 11.8 Å². The number of amides is 1. The second-order valence-corrected chi connectivity index (χ2v) is 3.89. The van der Waals surface area contributed by atoms with Gasteiger partial charge in [-0.3, -0.25) is 4.79 Å². The van der Waals surface area contributed by atoms with E-state index in [0.717, 1.165) is 0 Å². The molecule has 0 rings (SSSR count). The fraction of sp³-hybridized carbons (Fsp3) is 0.600. The Kier molecular flexibility index (Phi) is 6.08. The highest BCUT2D eigenvalue weighted by Gasteiger charge is 2.28. The number of rotatable bonds is 5. The van der Waals surface area contributed by atoms with Gasteiger partial charge in [-0.2, -0.15) is 0 Å². The minimum absolute atomic E-state index is 0.191. The second kappa shape index (κ2) is 6.50. The van der Waals surface area contributed by atoms with Crippen molar-refractivity contribution in [3.63, 3.8) is 0 Å². The number of ether oxygens (including phenoxy) is 1. The van der Waals surface area contributed by atoms with Crippen molar-refractivity contribution < 1.29 is 14.3 Å². The maximum Gasteiger partial charge on any atom is 0.334 e. The number of likely N-dealkylation sites (N-methyl/N-ethyl adjacent to an activating group) is 1. The first-order valence-corrected chi connectivity index (χ1v) is 5.81. The normalized spacial score (nSPS) is 11.7. The standard InChI is InChI=1S/C10H17NO3S/c1-6-14-10(13)9(7(2)15-5)11(4)8(3)12/h9H,2,6H2,1,3-5H3/t9-/m0/s1. The minimum atomic E-state index is -0.697. The summed E-state index contributed by atoms with van der Waals surface area (Å²) in [5.74, 6) is -0.627. The van der Waals surface area contributed by atoms with Crippen molar-refractivity contribution in [2.75, 3.05) is 19.9 Å². The maximum atomic E-state index is 11.6. The van der Waals surface area contributed by atoms with Gasteiger partial charge in [-0.25, -0.2) is 4.79 Å². The van der Waals surface area contributed by atoms with Crippen LogP contribution < -0.4 is 0 Å². The minimum Gasteiger partial charge on any atom is -0.464 e. The van der Waals surface area contributed by atoms with Crippen molar-refractivity contribution in [2.24, 2.45) is 0 Å². The highest BCUT2D eigenvalue weighted by Crippen LogP contribution is 2.19. The Morgan fingerprint density at radius 2 is 2.07 bits per heavy atom. The van der Waals surface area contributed by atoms with Crippen LogP contribution in [0.4, 0.5) is 0 Å². The van der Waals surface area contributed by atoms with Crippen molar-refractivity contribution in [2.45, 2.75) is 19.9 Å². The molecule has 15 heavy (non-hydrogen) atoms. The Morgan fingerprint density at radius 3 is 2.40 bits per heavy atom. The van der Waals surface area contributed by atoms with Crippen LogP contribution in [0.25, 0.3) is 0 Å². The molecular formula is C10H17NO3S. The lowest BCUT2D eigenvalue weighted by atomic mass is 10.2. The molecular weight excluding hydrogens is 214 g/mol. The third kappa shape index (κ3) is 3.95. The van der Waals surface area contributed by atoms with Crippen molar-refractivity contribution in [1.82, 2.24) is 4.90 Å². The average Bonchev–Trinajstić information content (AvgIpc) is 2.17. The molecule has 0 aliphatic carbocycles. The first-order valence-electron chi connectivity index (χ1n) is 4.58. The van der Waals surface area contributed by atoms with Gasteiger partial charge in [0, 0.05) is 18.9 Å². The van der Waals surface area contributed by atoms with Gasteiger partial charge in [-0.1, -0.05) is 6.58 Å². The zero-order chi connectivity index (χ0) is 12.0. The molecule has 0 bridgehead atoms. The van der Waals surface area contributed by atoms with Crippen molar-refractivity contribution in [3.05, 3.63) is 11.5 Å². The first-order chi connectivity index (χ1) is 6.95. The van der Waals surface area contributed by atoms with E-state index in [0.29, 0.717) is 11.5 Å². The molecule has 4 nitrogen and oxygen atoms in total. The summed E-state index contributed by atoms with van der Waals surface area (Å²) >= 11 is 1.34. The van der Waals surface area contributed by atoms with Crippen molar-refractivity contribution in [3.8, 4) is 0 Å². The number of hydrogen-bond acceptors (Lipinski definition) is 4. The van der Waals surface area contributed by atoms with E-state index in [1.165, 1.54) is 23.6 Å². The van der Waals surface area contributed by atoms with Crippen LogP contribution in [0.15, 0.2) is 11.5 Å². The molecule has 1 atom stereocenters. The van der Waals surface area contributed by atoms with E-state index in [-0.39, 0.29) is 5.91 Å². The summed E-state index contributed by atoms with van der Waals surface area (Å²) in [4.78, 5) is 24.7. The third-order valence-electron chi connectivity index (χ3n) is 1.96. The van der Waals surface area contributed by atoms with Crippen molar-refractivity contribution in [1.29, 1.82) is 0 Å². The van der Waals surface area contributed by atoms with Gasteiger partial charge in [0.1, 0.15) is 0 Å². The van der Waals surface area contributed by atoms with Crippen LogP contribution in [-0.2, 0) is 14.3 Å². The topological polar surface area (TPSA) is 46.6 Å². The van der Waals surface area contributed by atoms with E-state index < -0.39 is 12.0 Å². The van der Waals surface area contributed by atoms with E-state index in [2.05, 4.69) is 6.58 Å². The number of thioether (sulfide) groups is 1. The molecule has 0 saturated carbocycles. The molecule has 0 aromatic rings. The fourth-order valence-corrected chi connectivity index (χ4v) is 1.50. The van der Waals surface area contributed by atoms with E-state index in [4.69, 9.17) is 4.74 Å². The Labute approximate surface area is 94.7 Å². The predicted octanol–water partition coefficient (Wildman–Crippen LogP) is 1.27. The molecule has 1 amide bonds. The van der Waals surface area contributed by atoms with Gasteiger partial charge in [0.15, 0.2) is 6.04 Å². The molecule has 0 radical (unpaired) electrons. The molecule has 0 unspecified atom stereocenters. The molecule has 0 spiro atoms. The van der Waals surface area contributed by atoms with Crippen LogP contribution in [0.5, 0.6) is 0 Å². The van der Waals surface area contributed by atoms with Crippen molar-refractivity contribution >= 4 is 23.6 Å². The Balaban J connectivity index is 4.80. The predicted molar refractivity (Wildman–Crippen MR) is 61.5 cm³/mol. The number of carbonyl (C=O) groups excluding carboxylic acids is 2. The molecule has 0 fully saturated rings. The summed E-state index contributed by atoms with van der Waals surface area (Å²) in [6.45, 7) is 7.17. The van der Waals surface area contributed by atoms with Gasteiger partial charge in [0.05, 0.1) is 6.61 Å². The quantitative estimate of drug-likeness (QED) is 0.669. The van der Waals surface area contributed by atoms with Gasteiger partial charge >= 0.3 is 5.97 Å². The summed E-state index contributed by atoms with van der Waals surface area (Å²) in [6, 6.07) is -0.697. The summed E-state index contributed by atoms with van der Waals surface area (Å²) in [6.07, 6.45) is 1.81. The van der Waals surface area contributed by atoms with E-state index in [1.54, 1.807) is 14.0 Å². The zero-order valence-electron chi connectivity index (χ0n) is 9.57. The third-order valence-corrected chi connectivity index (χ3v) is 2.71. The number of hydrogen-bond donors (Lipinski definition) is 0. The van der Waals surface area contributed by atoms with E-state index in [9.17, 15) is 9.59 Å². The lowest BCUT2D eigenvalue weighted by molar-refractivity contribution is -0.151. The molecule has 0 heterocycles. The van der Waals surface area contributed by atoms with Gasteiger partial charge in [-0.05, 0) is 13.2 Å². The van der Waals surface area contributed by atoms with Crippen LogP contribution in [0.1, 0.15) is 13.8 Å². The first kappa shape index (κ1) is 14.0. The van der Waals surface area contributed by atoms with E-state index >= 15 is 0 Å². The van der Waals surface area contributed by atoms with Crippen LogP contribution in [-0.4, -0.2) is 42.7 Å². The Morgan fingerprint density at radius 1 is 1.53 bits per heavy atom. The molecule has 0 aromatic heterocycles. The van der Waals surface area contributed by atoms with Gasteiger partial charge in [0.25, 0.3) is 0 Å². The van der Waals surface area contributed by atoms with Crippen LogP contribution >= 0.6 is 11.8 Å². The van der Waals surface area contributed by atoms with Crippen LogP contribution in [0.2, 0.25) is 0 Å². The Hall–Kier alpha value is -0.970. The monoisotopic (exact) mass is 231 g/mol. The molecule has 0 N–H and O–H groups in total. The molecule has 0 aliphatic heterocycles. The number of carbonyl (C=O) groups is 2. The summed E-state index contributed by atoms with van der Waals surface area (Å²) in [7, 11) is 1.56. The number of esters is 1. The summed E-state index contributed by atoms with van der Waals surface area (Å²) < 4.78 is 4.89. The fourth-order valence-electron chi connectivity index (χ4n) is 1.02. The summed E-state index contributed by atoms with van der Waals surface area (Å²) in [5.41, 5.74) is 0. The smallest absolute Gasteiger partial charge is 0.334 e. The second-order valence-electron chi connectivity index (χ2n) is 2.95. The molecule has 5 heteroatoms. The van der Waals surface area contributed by atoms with E-state index in [1.807, 2.05) is 6.26 Å². The lowest BCUT2D eigenvalue weighted by Gasteiger charge is -2.26. The highest BCUT2D eigenvalue weighted by molar-refractivity contribution is 8.02. The number of nitrogens with zero attached hydrogens (tertiary/aromatic N) is 1. The lowest BCUT2D eigenvalue weighted by Crippen LogP contribution is -2.42. The van der Waals surface area contributed by atoms with Crippen LogP contribution in [0.3, 0.4) is 0 Å². The zero-order valence-corrected chi connectivity index (χ0v) is 10.4. The summed E-state index contributed by atoms with van der Waals surface area (Å²) in [5, 5.41) is 0. The Bertz CT molecular complexity index is 265. The molecule has 0 saturated heterocycles.